The molecule has 0 saturated carbocycles. The molecule has 2 unspecified atom stereocenters. The lowest BCUT2D eigenvalue weighted by Crippen LogP contribution is -2.47. The molecule has 1 aromatic carbocycles. The van der Waals surface area contributed by atoms with Crippen molar-refractivity contribution in [2.24, 2.45) is 5.73 Å². The van der Waals surface area contributed by atoms with Crippen molar-refractivity contribution < 1.29 is 19.1 Å². The summed E-state index contributed by atoms with van der Waals surface area (Å²) in [7, 11) is 0. The lowest BCUT2D eigenvalue weighted by atomic mass is 10.1. The summed E-state index contributed by atoms with van der Waals surface area (Å²) in [6, 6.07) is 9.75. The number of aryl methyl sites for hydroxylation is 2. The van der Waals surface area contributed by atoms with Crippen LogP contribution >= 0.6 is 0 Å². The van der Waals surface area contributed by atoms with E-state index in [0.717, 1.165) is 16.8 Å². The summed E-state index contributed by atoms with van der Waals surface area (Å²) < 4.78 is 15.8. The predicted molar refractivity (Wildman–Crippen MR) is 138 cm³/mol. The van der Waals surface area contributed by atoms with Gasteiger partial charge in [0.15, 0.2) is 5.69 Å². The van der Waals surface area contributed by atoms with Crippen molar-refractivity contribution in [3.8, 4) is 11.1 Å². The van der Waals surface area contributed by atoms with Gasteiger partial charge < -0.3 is 21.1 Å². The zero-order valence-corrected chi connectivity index (χ0v) is 20.9. The molecule has 1 aliphatic rings. The molecule has 1 fully saturated rings. The molecule has 4 heterocycles. The largest absolute Gasteiger partial charge is 0.372 e. The van der Waals surface area contributed by atoms with Gasteiger partial charge in [-0.05, 0) is 43.7 Å². The van der Waals surface area contributed by atoms with Gasteiger partial charge in [0.25, 0.3) is 5.91 Å². The topological polar surface area (TPSA) is 152 Å². The van der Waals surface area contributed by atoms with Crippen molar-refractivity contribution in [1.29, 1.82) is 0 Å². The van der Waals surface area contributed by atoms with Gasteiger partial charge >= 0.3 is 0 Å². The van der Waals surface area contributed by atoms with Crippen LogP contribution in [-0.2, 0) is 11.3 Å². The molecule has 12 heteroatoms. The Bertz CT molecular complexity index is 1510. The van der Waals surface area contributed by atoms with Crippen LogP contribution in [0.15, 0.2) is 48.8 Å². The highest BCUT2D eigenvalue weighted by Crippen LogP contribution is 2.28. The number of rotatable bonds is 7. The highest BCUT2D eigenvalue weighted by molar-refractivity contribution is 6.05. The number of hydrogen-bond donors (Lipinski definition) is 3. The standard InChI is InChI=1S/C26H27FN8O3/c1-14-4-3-5-22(31-14)32-26(38)21-9-18(27)12-34(21)23(36)13-35-20-7-6-16(17-10-29-15(2)30-11-17)8-19(20)24(33-35)25(28)37/h3-8,10-11,18,21,26,38H,9,12-13H2,1-2H3,(H2,28,37)(H,31,32)/t18-,21?,26?/m1/s1. The maximum Gasteiger partial charge on any atom is 0.269 e. The Morgan fingerprint density at radius 2 is 1.95 bits per heavy atom. The summed E-state index contributed by atoms with van der Waals surface area (Å²) in [5.41, 5.74) is 8.36. The minimum absolute atomic E-state index is 0.0104. The van der Waals surface area contributed by atoms with E-state index in [2.05, 4.69) is 25.4 Å². The number of amides is 2. The Morgan fingerprint density at radius 3 is 2.66 bits per heavy atom. The monoisotopic (exact) mass is 518 g/mol. The Hall–Kier alpha value is -4.45. The van der Waals surface area contributed by atoms with Crippen LogP contribution in [0.2, 0.25) is 0 Å². The summed E-state index contributed by atoms with van der Waals surface area (Å²) in [6.07, 6.45) is 0.798. The van der Waals surface area contributed by atoms with Gasteiger partial charge in [-0.2, -0.15) is 5.10 Å². The summed E-state index contributed by atoms with van der Waals surface area (Å²) in [4.78, 5) is 39.5. The Kier molecular flexibility index (Phi) is 6.72. The third kappa shape index (κ3) is 5.02. The molecule has 3 atom stereocenters. The number of alkyl halides is 1. The average molecular weight is 519 g/mol. The number of likely N-dealkylation sites (tertiary alicyclic amines) is 1. The van der Waals surface area contributed by atoms with E-state index in [1.807, 2.05) is 19.1 Å². The van der Waals surface area contributed by atoms with Crippen LogP contribution in [0.25, 0.3) is 22.0 Å². The summed E-state index contributed by atoms with van der Waals surface area (Å²) in [5, 5.41) is 18.4. The lowest BCUT2D eigenvalue weighted by molar-refractivity contribution is -0.134. The smallest absolute Gasteiger partial charge is 0.269 e. The number of fused-ring (bicyclic) bond motifs is 1. The van der Waals surface area contributed by atoms with E-state index < -0.39 is 30.3 Å². The first-order valence-corrected chi connectivity index (χ1v) is 12.1. The van der Waals surface area contributed by atoms with E-state index >= 15 is 0 Å². The molecule has 4 N–H and O–H groups in total. The van der Waals surface area contributed by atoms with Crippen LogP contribution in [0.5, 0.6) is 0 Å². The Labute approximate surface area is 217 Å². The van der Waals surface area contributed by atoms with Gasteiger partial charge in [0.1, 0.15) is 30.6 Å². The number of aliphatic hydroxyl groups excluding tert-OH is 1. The number of aromatic nitrogens is 5. The van der Waals surface area contributed by atoms with Crippen molar-refractivity contribution in [2.45, 2.75) is 45.3 Å². The van der Waals surface area contributed by atoms with E-state index in [1.165, 1.54) is 9.58 Å². The molecule has 196 valence electrons. The van der Waals surface area contributed by atoms with Gasteiger partial charge in [-0.3, -0.25) is 14.3 Å². The van der Waals surface area contributed by atoms with Crippen molar-refractivity contribution in [3.63, 3.8) is 0 Å². The number of halogens is 1. The first-order valence-electron chi connectivity index (χ1n) is 12.1. The predicted octanol–water partition coefficient (Wildman–Crippen LogP) is 1.97. The molecule has 4 aromatic rings. The molecule has 0 radical (unpaired) electrons. The molecule has 3 aromatic heterocycles. The molecule has 0 aliphatic carbocycles. The minimum atomic E-state index is -1.29. The van der Waals surface area contributed by atoms with E-state index in [9.17, 15) is 19.1 Å². The number of nitrogens with zero attached hydrogens (tertiary/aromatic N) is 6. The van der Waals surface area contributed by atoms with E-state index in [-0.39, 0.29) is 25.2 Å². The number of anilines is 1. The molecular weight excluding hydrogens is 491 g/mol. The van der Waals surface area contributed by atoms with Gasteiger partial charge in [0.2, 0.25) is 5.91 Å². The minimum Gasteiger partial charge on any atom is -0.372 e. The number of hydrogen-bond acceptors (Lipinski definition) is 8. The lowest BCUT2D eigenvalue weighted by Gasteiger charge is -2.29. The van der Waals surface area contributed by atoms with Crippen LogP contribution in [0.1, 0.15) is 28.4 Å². The van der Waals surface area contributed by atoms with Crippen molar-refractivity contribution in [3.05, 3.63) is 66.0 Å². The second kappa shape index (κ2) is 10.1. The van der Waals surface area contributed by atoms with Crippen LogP contribution < -0.4 is 11.1 Å². The molecule has 0 bridgehead atoms. The van der Waals surface area contributed by atoms with Gasteiger partial charge in [-0.25, -0.2) is 19.3 Å². The zero-order chi connectivity index (χ0) is 27.0. The van der Waals surface area contributed by atoms with Gasteiger partial charge in [0, 0.05) is 35.5 Å². The Balaban J connectivity index is 1.40. The Morgan fingerprint density at radius 1 is 1.18 bits per heavy atom. The first-order chi connectivity index (χ1) is 18.2. The van der Waals surface area contributed by atoms with Crippen molar-refractivity contribution in [2.75, 3.05) is 11.9 Å². The van der Waals surface area contributed by atoms with Crippen molar-refractivity contribution in [1.82, 2.24) is 29.6 Å². The van der Waals surface area contributed by atoms with Crippen LogP contribution in [0.4, 0.5) is 10.2 Å². The fourth-order valence-corrected chi connectivity index (χ4v) is 4.69. The number of aliphatic hydroxyl groups is 1. The second-order valence-electron chi connectivity index (χ2n) is 9.32. The summed E-state index contributed by atoms with van der Waals surface area (Å²) >= 11 is 0. The van der Waals surface area contributed by atoms with E-state index in [1.54, 1.807) is 43.6 Å². The number of primary amides is 1. The fraction of sp³-hybridized carbons (Fsp3) is 0.308. The molecular formula is C26H27FN8O3. The number of nitrogens with one attached hydrogen (secondary N) is 1. The highest BCUT2D eigenvalue weighted by Gasteiger charge is 2.40. The average Bonchev–Trinajstić information content (AvgIpc) is 3.45. The number of nitrogens with two attached hydrogens (primary N) is 1. The number of pyridine rings is 1. The molecule has 11 nitrogen and oxygen atoms in total. The number of carbonyl (C=O) groups is 2. The quantitative estimate of drug-likeness (QED) is 0.314. The molecule has 1 aliphatic heterocycles. The third-order valence-electron chi connectivity index (χ3n) is 6.54. The number of carbonyl (C=O) groups excluding carboxylic acids is 2. The van der Waals surface area contributed by atoms with E-state index in [4.69, 9.17) is 5.73 Å². The van der Waals surface area contributed by atoms with E-state index in [0.29, 0.717) is 22.5 Å². The normalized spacial score (nSPS) is 18.1. The summed E-state index contributed by atoms with van der Waals surface area (Å²) in [6.45, 7) is 3.16. The first kappa shape index (κ1) is 25.2. The van der Waals surface area contributed by atoms with Crippen LogP contribution in [-0.4, -0.2) is 71.5 Å². The van der Waals surface area contributed by atoms with Crippen LogP contribution in [0, 0.1) is 13.8 Å². The maximum absolute atomic E-state index is 14.4. The van der Waals surface area contributed by atoms with Gasteiger partial charge in [-0.1, -0.05) is 12.1 Å². The highest BCUT2D eigenvalue weighted by atomic mass is 19.1. The summed E-state index contributed by atoms with van der Waals surface area (Å²) in [5.74, 6) is -0.146. The van der Waals surface area contributed by atoms with Crippen molar-refractivity contribution >= 4 is 28.5 Å². The third-order valence-corrected chi connectivity index (χ3v) is 6.54. The molecule has 1 saturated heterocycles. The van der Waals surface area contributed by atoms with Crippen LogP contribution in [0.3, 0.4) is 0 Å². The zero-order valence-electron chi connectivity index (χ0n) is 20.9. The maximum atomic E-state index is 14.4. The molecule has 0 spiro atoms. The molecule has 38 heavy (non-hydrogen) atoms. The fourth-order valence-electron chi connectivity index (χ4n) is 4.69. The molecule has 5 rings (SSSR count). The van der Waals surface area contributed by atoms with Gasteiger partial charge in [-0.15, -0.1) is 0 Å². The molecule has 2 amide bonds. The number of benzene rings is 1. The van der Waals surface area contributed by atoms with Gasteiger partial charge in [0.05, 0.1) is 18.1 Å². The second-order valence-corrected chi connectivity index (χ2v) is 9.32. The SMILES string of the molecule is Cc1cccc(NC(O)C2C[C@@H](F)CN2C(=O)Cn2nc(C(N)=O)c3cc(-c4cnc(C)nc4)ccc32)n1.